The van der Waals surface area contributed by atoms with Crippen LogP contribution in [-0.2, 0) is 22.6 Å². The Balaban J connectivity index is 1.05. The molecule has 0 saturated carbocycles. The minimum Gasteiger partial charge on any atom is -0.381 e. The van der Waals surface area contributed by atoms with Crippen molar-refractivity contribution in [2.75, 3.05) is 61.1 Å². The molecule has 4 aromatic rings. The standard InChI is InChI=1S/C46H57N7O5/c1-6-52(38-17-22-58-23-18-38)42-27-35(26-40(32(42)4)44(55)47-28-41-30(2)24-31(3)48-45(41)56)34-10-12-37(13-11-34)51-19-14-36(15-20-51)50(5)29-33-8-7-9-39(25-33)53-21-16-43(54)49-46(53)57/h7-13,24-27,36,38H,6,14-23,28-29H2,1-5H3,(H,47,55)(H,48,56)(H,49,54,57). The number of urea groups is 1. The molecule has 0 radical (unpaired) electrons. The highest BCUT2D eigenvalue weighted by atomic mass is 16.5. The highest BCUT2D eigenvalue weighted by Gasteiger charge is 2.27. The smallest absolute Gasteiger partial charge is 0.328 e. The number of nitrogens with zero attached hydrogens (tertiary/aromatic N) is 4. The number of carbonyl (C=O) groups excluding carboxylic acids is 3. The first-order valence-corrected chi connectivity index (χ1v) is 20.7. The van der Waals surface area contributed by atoms with Gasteiger partial charge in [-0.1, -0.05) is 24.3 Å². The summed E-state index contributed by atoms with van der Waals surface area (Å²) in [5, 5.41) is 5.47. The predicted octanol–water partition coefficient (Wildman–Crippen LogP) is 6.45. The summed E-state index contributed by atoms with van der Waals surface area (Å²) < 4.78 is 5.70. The van der Waals surface area contributed by atoms with Crippen molar-refractivity contribution in [1.29, 1.82) is 0 Å². The van der Waals surface area contributed by atoms with Crippen molar-refractivity contribution in [1.82, 2.24) is 20.5 Å². The molecule has 0 unspecified atom stereocenters. The Morgan fingerprint density at radius 1 is 0.862 bits per heavy atom. The quantitative estimate of drug-likeness (QED) is 0.150. The van der Waals surface area contributed by atoms with Gasteiger partial charge in [0, 0.05) is 105 Å². The number of ether oxygens (including phenoxy) is 1. The van der Waals surface area contributed by atoms with E-state index in [2.05, 4.69) is 80.7 Å². The number of nitrogens with one attached hydrogen (secondary N) is 3. The zero-order valence-electron chi connectivity index (χ0n) is 34.5. The molecule has 306 valence electrons. The van der Waals surface area contributed by atoms with Crippen LogP contribution in [0.15, 0.2) is 71.5 Å². The Labute approximate surface area is 341 Å². The number of amides is 4. The third-order valence-electron chi connectivity index (χ3n) is 12.2. The zero-order valence-corrected chi connectivity index (χ0v) is 34.5. The molecule has 3 aromatic carbocycles. The third kappa shape index (κ3) is 9.13. The number of hydrogen-bond acceptors (Lipinski definition) is 8. The summed E-state index contributed by atoms with van der Waals surface area (Å²) in [6.45, 7) is 13.4. The minimum atomic E-state index is -0.365. The third-order valence-corrected chi connectivity index (χ3v) is 12.2. The molecule has 12 heteroatoms. The van der Waals surface area contributed by atoms with Gasteiger partial charge in [-0.15, -0.1) is 0 Å². The fourth-order valence-corrected chi connectivity index (χ4v) is 8.87. The van der Waals surface area contributed by atoms with Gasteiger partial charge in [-0.25, -0.2) is 4.79 Å². The number of anilines is 3. The SMILES string of the molecule is CCN(c1cc(-c2ccc(N3CCC(N(C)Cc4cccc(N5CCC(=O)NC5=O)c4)CC3)cc2)cc(C(=O)NCc2c(C)cc(C)[nH]c2=O)c1C)C1CCOCC1. The van der Waals surface area contributed by atoms with Gasteiger partial charge in [0.25, 0.3) is 11.5 Å². The highest BCUT2D eigenvalue weighted by molar-refractivity contribution is 6.05. The van der Waals surface area contributed by atoms with Gasteiger partial charge >= 0.3 is 6.03 Å². The molecule has 0 spiro atoms. The zero-order chi connectivity index (χ0) is 40.9. The number of benzene rings is 3. The van der Waals surface area contributed by atoms with Crippen molar-refractivity contribution >= 4 is 34.9 Å². The number of aryl methyl sites for hydroxylation is 2. The summed E-state index contributed by atoms with van der Waals surface area (Å²) in [7, 11) is 2.17. The average molecular weight is 788 g/mol. The van der Waals surface area contributed by atoms with E-state index < -0.39 is 0 Å². The Morgan fingerprint density at radius 2 is 1.60 bits per heavy atom. The van der Waals surface area contributed by atoms with Crippen LogP contribution in [0.3, 0.4) is 0 Å². The molecule has 0 bridgehead atoms. The molecule has 3 fully saturated rings. The fourth-order valence-electron chi connectivity index (χ4n) is 8.87. The number of carbonyl (C=O) groups is 3. The second kappa shape index (κ2) is 18.0. The van der Waals surface area contributed by atoms with E-state index in [1.54, 1.807) is 4.90 Å². The molecular weight excluding hydrogens is 731 g/mol. The van der Waals surface area contributed by atoms with Crippen LogP contribution in [0.25, 0.3) is 11.1 Å². The van der Waals surface area contributed by atoms with E-state index in [0.29, 0.717) is 36.2 Å². The van der Waals surface area contributed by atoms with Gasteiger partial charge in [-0.05, 0) is 131 Å². The molecule has 7 rings (SSSR count). The lowest BCUT2D eigenvalue weighted by atomic mass is 9.95. The van der Waals surface area contributed by atoms with Crippen LogP contribution in [0.2, 0.25) is 0 Å². The lowest BCUT2D eigenvalue weighted by molar-refractivity contribution is -0.120. The Bertz CT molecular complexity index is 2190. The van der Waals surface area contributed by atoms with Gasteiger partial charge < -0.3 is 24.8 Å². The molecule has 3 aliphatic heterocycles. The number of pyridine rings is 1. The minimum absolute atomic E-state index is 0.147. The summed E-state index contributed by atoms with van der Waals surface area (Å²) >= 11 is 0. The first-order valence-electron chi connectivity index (χ1n) is 20.7. The maximum atomic E-state index is 14.0. The number of piperidine rings is 1. The Morgan fingerprint density at radius 3 is 2.29 bits per heavy atom. The predicted molar refractivity (Wildman–Crippen MR) is 230 cm³/mol. The lowest BCUT2D eigenvalue weighted by Gasteiger charge is -2.38. The number of hydrogen-bond donors (Lipinski definition) is 3. The Kier molecular flexibility index (Phi) is 12.6. The molecule has 4 heterocycles. The van der Waals surface area contributed by atoms with Gasteiger partial charge in [0.05, 0.1) is 0 Å². The second-order valence-electron chi connectivity index (χ2n) is 16.0. The molecule has 12 nitrogen and oxygen atoms in total. The first-order chi connectivity index (χ1) is 28.0. The molecule has 58 heavy (non-hydrogen) atoms. The molecule has 1 aromatic heterocycles. The first kappa shape index (κ1) is 40.7. The summed E-state index contributed by atoms with van der Waals surface area (Å²) in [6.07, 6.45) is 4.23. The van der Waals surface area contributed by atoms with Crippen LogP contribution in [0.4, 0.5) is 21.9 Å². The molecule has 3 N–H and O–H groups in total. The van der Waals surface area contributed by atoms with Gasteiger partial charge in [-0.2, -0.15) is 0 Å². The van der Waals surface area contributed by atoms with E-state index >= 15 is 0 Å². The highest BCUT2D eigenvalue weighted by Crippen LogP contribution is 2.35. The Hall–Kier alpha value is -5.46. The summed E-state index contributed by atoms with van der Waals surface area (Å²) in [5.74, 6) is -0.433. The average Bonchev–Trinajstić information content (AvgIpc) is 3.22. The van der Waals surface area contributed by atoms with Crippen molar-refractivity contribution in [3.05, 3.63) is 111 Å². The monoisotopic (exact) mass is 787 g/mol. The summed E-state index contributed by atoms with van der Waals surface area (Å²) in [5.41, 5.74) is 9.76. The molecule has 4 amide bonds. The van der Waals surface area contributed by atoms with Crippen LogP contribution < -0.4 is 30.9 Å². The molecule has 3 saturated heterocycles. The largest absolute Gasteiger partial charge is 0.381 e. The summed E-state index contributed by atoms with van der Waals surface area (Å²) in [6, 6.07) is 23.3. The molecule has 0 atom stereocenters. The van der Waals surface area contributed by atoms with E-state index in [4.69, 9.17) is 4.74 Å². The number of H-pyrrole nitrogens is 1. The van der Waals surface area contributed by atoms with E-state index in [1.165, 1.54) is 5.69 Å². The van der Waals surface area contributed by atoms with Gasteiger partial charge in [0.15, 0.2) is 0 Å². The van der Waals surface area contributed by atoms with Gasteiger partial charge in [0.2, 0.25) is 5.91 Å². The normalized spacial score (nSPS) is 16.8. The van der Waals surface area contributed by atoms with E-state index in [0.717, 1.165) is 110 Å². The summed E-state index contributed by atoms with van der Waals surface area (Å²) in [4.78, 5) is 62.6. The van der Waals surface area contributed by atoms with Crippen LogP contribution in [0, 0.1) is 20.8 Å². The van der Waals surface area contributed by atoms with Gasteiger partial charge in [-0.3, -0.25) is 29.5 Å². The maximum absolute atomic E-state index is 14.0. The van der Waals surface area contributed by atoms with Crippen molar-refractivity contribution in [2.45, 2.75) is 85.0 Å². The van der Waals surface area contributed by atoms with Crippen LogP contribution in [0.5, 0.6) is 0 Å². The van der Waals surface area contributed by atoms with E-state index in [-0.39, 0.29) is 29.9 Å². The molecular formula is C46H57N7O5. The number of imide groups is 1. The molecule has 3 aliphatic rings. The van der Waals surface area contributed by atoms with Crippen molar-refractivity contribution in [3.63, 3.8) is 0 Å². The van der Waals surface area contributed by atoms with Crippen molar-refractivity contribution < 1.29 is 19.1 Å². The fraction of sp³-hybridized carbons (Fsp3) is 0.435. The maximum Gasteiger partial charge on any atom is 0.328 e. The van der Waals surface area contributed by atoms with Crippen LogP contribution in [0.1, 0.15) is 77.3 Å². The van der Waals surface area contributed by atoms with Crippen molar-refractivity contribution in [3.8, 4) is 11.1 Å². The topological polar surface area (TPSA) is 130 Å². The van der Waals surface area contributed by atoms with E-state index in [1.807, 2.05) is 51.1 Å². The number of rotatable bonds is 12. The number of aromatic amines is 1. The van der Waals surface area contributed by atoms with Crippen LogP contribution in [-0.4, -0.2) is 86.3 Å². The van der Waals surface area contributed by atoms with Gasteiger partial charge in [0.1, 0.15) is 0 Å². The second-order valence-corrected chi connectivity index (χ2v) is 16.0. The molecule has 0 aliphatic carbocycles. The van der Waals surface area contributed by atoms with Crippen molar-refractivity contribution in [2.24, 2.45) is 0 Å². The van der Waals surface area contributed by atoms with E-state index in [9.17, 15) is 19.2 Å². The lowest BCUT2D eigenvalue weighted by Crippen LogP contribution is -2.49. The van der Waals surface area contributed by atoms with Crippen LogP contribution >= 0.6 is 0 Å². The number of aromatic nitrogens is 1.